The Morgan fingerprint density at radius 1 is 1.55 bits per heavy atom. The van der Waals surface area contributed by atoms with Gasteiger partial charge >= 0.3 is 0 Å². The lowest BCUT2D eigenvalue weighted by molar-refractivity contribution is 0.449. The van der Waals surface area contributed by atoms with E-state index in [2.05, 4.69) is 0 Å². The first-order valence-corrected chi connectivity index (χ1v) is 3.26. The number of hydrogen-bond donors (Lipinski definition) is 2. The Balaban J connectivity index is 0.000001000. The van der Waals surface area contributed by atoms with Crippen LogP contribution >= 0.6 is 12.4 Å². The van der Waals surface area contributed by atoms with Crippen molar-refractivity contribution < 1.29 is 4.42 Å². The zero-order chi connectivity index (χ0) is 7.56. The van der Waals surface area contributed by atoms with Gasteiger partial charge in [-0.25, -0.2) is 0 Å². The van der Waals surface area contributed by atoms with Crippen molar-refractivity contribution in [2.75, 3.05) is 6.54 Å². The van der Waals surface area contributed by atoms with E-state index in [0.29, 0.717) is 6.54 Å². The lowest BCUT2D eigenvalue weighted by atomic mass is 10.2. The summed E-state index contributed by atoms with van der Waals surface area (Å²) in [5, 5.41) is 0. The molecule has 1 rings (SSSR count). The first-order valence-electron chi connectivity index (χ1n) is 3.26. The van der Waals surface area contributed by atoms with Crippen LogP contribution in [0.15, 0.2) is 16.5 Å². The number of hydrogen-bond acceptors (Lipinski definition) is 3. The molecule has 0 saturated heterocycles. The predicted octanol–water partition coefficient (Wildman–Crippen LogP) is 0.968. The van der Waals surface area contributed by atoms with E-state index in [9.17, 15) is 0 Å². The molecule has 11 heavy (non-hydrogen) atoms. The van der Waals surface area contributed by atoms with Crippen LogP contribution in [-0.4, -0.2) is 6.54 Å². The molecule has 0 radical (unpaired) electrons. The predicted molar refractivity (Wildman–Crippen MR) is 46.7 cm³/mol. The molecular weight excluding hydrogens is 164 g/mol. The van der Waals surface area contributed by atoms with Crippen LogP contribution in [-0.2, 0) is 0 Å². The summed E-state index contributed by atoms with van der Waals surface area (Å²) in [6.07, 6.45) is 0. The Morgan fingerprint density at radius 2 is 2.18 bits per heavy atom. The van der Waals surface area contributed by atoms with Gasteiger partial charge in [0.1, 0.15) is 11.5 Å². The summed E-state index contributed by atoms with van der Waals surface area (Å²) in [6.45, 7) is 2.31. The van der Waals surface area contributed by atoms with Crippen molar-refractivity contribution in [2.45, 2.75) is 13.0 Å². The van der Waals surface area contributed by atoms with Gasteiger partial charge in [0.25, 0.3) is 0 Å². The van der Waals surface area contributed by atoms with Crippen LogP contribution in [0.1, 0.15) is 17.6 Å². The molecule has 3 nitrogen and oxygen atoms in total. The highest BCUT2D eigenvalue weighted by Gasteiger charge is 2.06. The molecule has 0 bridgehead atoms. The van der Waals surface area contributed by atoms with Crippen molar-refractivity contribution in [3.8, 4) is 0 Å². The molecule has 0 amide bonds. The van der Waals surface area contributed by atoms with E-state index in [0.717, 1.165) is 11.5 Å². The van der Waals surface area contributed by atoms with E-state index in [4.69, 9.17) is 15.9 Å². The Morgan fingerprint density at radius 3 is 2.55 bits per heavy atom. The van der Waals surface area contributed by atoms with E-state index in [1.807, 2.05) is 19.1 Å². The highest BCUT2D eigenvalue weighted by molar-refractivity contribution is 5.85. The number of furan rings is 1. The lowest BCUT2D eigenvalue weighted by Crippen LogP contribution is -2.19. The van der Waals surface area contributed by atoms with Crippen LogP contribution in [0.2, 0.25) is 0 Å². The maximum atomic E-state index is 5.59. The first-order chi connectivity index (χ1) is 4.74. The van der Waals surface area contributed by atoms with Gasteiger partial charge in [0, 0.05) is 6.54 Å². The molecule has 0 aliphatic heterocycles. The van der Waals surface area contributed by atoms with Crippen molar-refractivity contribution in [3.05, 3.63) is 23.7 Å². The molecule has 0 spiro atoms. The molecule has 4 heteroatoms. The second-order valence-corrected chi connectivity index (χ2v) is 2.29. The number of rotatable bonds is 2. The zero-order valence-electron chi connectivity index (χ0n) is 6.41. The highest BCUT2D eigenvalue weighted by atomic mass is 35.5. The average molecular weight is 177 g/mol. The summed E-state index contributed by atoms with van der Waals surface area (Å²) in [5.74, 6) is 1.64. The second-order valence-electron chi connectivity index (χ2n) is 2.29. The van der Waals surface area contributed by atoms with Crippen molar-refractivity contribution in [2.24, 2.45) is 11.5 Å². The summed E-state index contributed by atoms with van der Waals surface area (Å²) in [4.78, 5) is 0. The van der Waals surface area contributed by atoms with Crippen LogP contribution in [0.5, 0.6) is 0 Å². The van der Waals surface area contributed by atoms with Gasteiger partial charge in [-0.1, -0.05) is 0 Å². The highest BCUT2D eigenvalue weighted by Crippen LogP contribution is 2.12. The fraction of sp³-hybridized carbons (Fsp3) is 0.429. The molecule has 4 N–H and O–H groups in total. The largest absolute Gasteiger partial charge is 0.465 e. The Labute approximate surface area is 72.2 Å². The SMILES string of the molecule is Cc1ccc([C@@H](N)CN)o1.Cl. The third-order valence-electron chi connectivity index (χ3n) is 1.38. The average Bonchev–Trinajstić information content (AvgIpc) is 2.34. The van der Waals surface area contributed by atoms with Crippen LogP contribution < -0.4 is 11.5 Å². The summed E-state index contributed by atoms with van der Waals surface area (Å²) < 4.78 is 5.23. The molecule has 1 aromatic rings. The van der Waals surface area contributed by atoms with E-state index in [1.165, 1.54) is 0 Å². The smallest absolute Gasteiger partial charge is 0.122 e. The van der Waals surface area contributed by atoms with Crippen molar-refractivity contribution in [1.82, 2.24) is 0 Å². The molecule has 0 aromatic carbocycles. The third kappa shape index (κ3) is 2.54. The molecule has 0 aliphatic carbocycles. The monoisotopic (exact) mass is 176 g/mol. The Bertz CT molecular complexity index is 212. The number of halogens is 1. The van der Waals surface area contributed by atoms with E-state index >= 15 is 0 Å². The molecular formula is C7H13ClN2O. The number of aryl methyl sites for hydroxylation is 1. The molecule has 1 aromatic heterocycles. The zero-order valence-corrected chi connectivity index (χ0v) is 7.23. The van der Waals surface area contributed by atoms with E-state index in [1.54, 1.807) is 0 Å². The van der Waals surface area contributed by atoms with Gasteiger partial charge in [0.2, 0.25) is 0 Å². The second kappa shape index (κ2) is 4.38. The van der Waals surface area contributed by atoms with Crippen molar-refractivity contribution >= 4 is 12.4 Å². The first kappa shape index (κ1) is 10.5. The van der Waals surface area contributed by atoms with Gasteiger partial charge in [-0.15, -0.1) is 12.4 Å². The molecule has 64 valence electrons. The minimum Gasteiger partial charge on any atom is -0.465 e. The van der Waals surface area contributed by atoms with Crippen LogP contribution in [0.3, 0.4) is 0 Å². The topological polar surface area (TPSA) is 65.2 Å². The molecule has 0 saturated carbocycles. The van der Waals surface area contributed by atoms with Gasteiger partial charge in [0.15, 0.2) is 0 Å². The summed E-state index contributed by atoms with van der Waals surface area (Å²) in [6, 6.07) is 3.58. The molecule has 0 fully saturated rings. The van der Waals surface area contributed by atoms with E-state index < -0.39 is 0 Å². The Hall–Kier alpha value is -0.510. The molecule has 0 aliphatic rings. The minimum absolute atomic E-state index is 0. The number of nitrogens with two attached hydrogens (primary N) is 2. The minimum atomic E-state index is -0.159. The normalized spacial score (nSPS) is 12.3. The quantitative estimate of drug-likeness (QED) is 0.706. The third-order valence-corrected chi connectivity index (χ3v) is 1.38. The summed E-state index contributed by atoms with van der Waals surface area (Å²) in [5.41, 5.74) is 10.9. The Kier molecular flexibility index (Phi) is 4.18. The fourth-order valence-electron chi connectivity index (χ4n) is 0.769. The molecule has 1 heterocycles. The van der Waals surface area contributed by atoms with Crippen LogP contribution in [0.25, 0.3) is 0 Å². The van der Waals surface area contributed by atoms with Gasteiger partial charge in [-0.05, 0) is 19.1 Å². The van der Waals surface area contributed by atoms with E-state index in [-0.39, 0.29) is 18.4 Å². The molecule has 0 unspecified atom stereocenters. The van der Waals surface area contributed by atoms with Crippen molar-refractivity contribution in [1.29, 1.82) is 0 Å². The fourth-order valence-corrected chi connectivity index (χ4v) is 0.769. The molecule has 1 atom stereocenters. The lowest BCUT2D eigenvalue weighted by Gasteiger charge is -2.02. The van der Waals surface area contributed by atoms with Gasteiger partial charge in [-0.3, -0.25) is 0 Å². The van der Waals surface area contributed by atoms with Gasteiger partial charge in [-0.2, -0.15) is 0 Å². The maximum Gasteiger partial charge on any atom is 0.122 e. The standard InChI is InChI=1S/C7H12N2O.ClH/c1-5-2-3-7(10-5)6(9)4-8;/h2-3,6H,4,8-9H2,1H3;1H/t6-;/m0./s1. The maximum absolute atomic E-state index is 5.59. The van der Waals surface area contributed by atoms with Crippen LogP contribution in [0, 0.1) is 6.92 Å². The van der Waals surface area contributed by atoms with Gasteiger partial charge < -0.3 is 15.9 Å². The van der Waals surface area contributed by atoms with Gasteiger partial charge in [0.05, 0.1) is 6.04 Å². The summed E-state index contributed by atoms with van der Waals surface area (Å²) >= 11 is 0. The van der Waals surface area contributed by atoms with Crippen molar-refractivity contribution in [3.63, 3.8) is 0 Å². The summed E-state index contributed by atoms with van der Waals surface area (Å²) in [7, 11) is 0. The van der Waals surface area contributed by atoms with Crippen LogP contribution in [0.4, 0.5) is 0 Å².